The molecule has 0 radical (unpaired) electrons. The molecule has 100 valence electrons. The normalized spacial score (nSPS) is 12.6. The van der Waals surface area contributed by atoms with Gasteiger partial charge < -0.3 is 5.73 Å². The second kappa shape index (κ2) is 7.21. The van der Waals surface area contributed by atoms with E-state index in [1.807, 2.05) is 0 Å². The second-order valence-corrected chi connectivity index (χ2v) is 5.80. The standard InChI is InChI=1S/C9H21N.CH4O4S/c1-7(2)9(5,6-10)8(3)4;1-5-6(2,3)4/h7-8H,6,10H2,1-5H3;1H3,(H,2,3,4). The fourth-order valence-corrected chi connectivity index (χ4v) is 1.14. The maximum Gasteiger partial charge on any atom is 0.397 e. The lowest BCUT2D eigenvalue weighted by molar-refractivity contribution is 0.149. The highest BCUT2D eigenvalue weighted by atomic mass is 32.3. The molecule has 0 amide bonds. The van der Waals surface area contributed by atoms with Crippen LogP contribution in [0.15, 0.2) is 0 Å². The van der Waals surface area contributed by atoms with Gasteiger partial charge in [0.25, 0.3) is 0 Å². The van der Waals surface area contributed by atoms with Crippen molar-refractivity contribution in [3.05, 3.63) is 0 Å². The van der Waals surface area contributed by atoms with Crippen LogP contribution in [0.5, 0.6) is 0 Å². The maximum atomic E-state index is 9.33. The second-order valence-electron chi connectivity index (χ2n) is 4.61. The molecule has 0 aliphatic carbocycles. The van der Waals surface area contributed by atoms with Gasteiger partial charge in [0, 0.05) is 0 Å². The lowest BCUT2D eigenvalue weighted by Gasteiger charge is -2.36. The van der Waals surface area contributed by atoms with E-state index in [1.54, 1.807) is 0 Å². The van der Waals surface area contributed by atoms with Crippen molar-refractivity contribution in [1.29, 1.82) is 0 Å². The van der Waals surface area contributed by atoms with E-state index in [4.69, 9.17) is 10.3 Å². The quantitative estimate of drug-likeness (QED) is 0.746. The molecular formula is C10H25NO4S. The largest absolute Gasteiger partial charge is 0.397 e. The maximum absolute atomic E-state index is 9.33. The first-order valence-electron chi connectivity index (χ1n) is 5.24. The molecule has 0 saturated carbocycles. The van der Waals surface area contributed by atoms with Crippen LogP contribution in [0.2, 0.25) is 0 Å². The molecule has 16 heavy (non-hydrogen) atoms. The third-order valence-electron chi connectivity index (χ3n) is 3.29. The number of hydrogen-bond acceptors (Lipinski definition) is 4. The lowest BCUT2D eigenvalue weighted by Crippen LogP contribution is -2.37. The molecule has 3 N–H and O–H groups in total. The van der Waals surface area contributed by atoms with Gasteiger partial charge >= 0.3 is 10.4 Å². The van der Waals surface area contributed by atoms with Gasteiger partial charge in [-0.25, -0.2) is 0 Å². The van der Waals surface area contributed by atoms with Crippen LogP contribution in [0.1, 0.15) is 34.6 Å². The summed E-state index contributed by atoms with van der Waals surface area (Å²) in [5.41, 5.74) is 6.03. The molecular weight excluding hydrogens is 230 g/mol. The van der Waals surface area contributed by atoms with Crippen LogP contribution in [0.4, 0.5) is 0 Å². The zero-order chi connectivity index (χ0) is 13.6. The predicted octanol–water partition coefficient (Wildman–Crippen LogP) is 1.70. The van der Waals surface area contributed by atoms with E-state index in [0.29, 0.717) is 17.3 Å². The van der Waals surface area contributed by atoms with Crippen LogP contribution in [-0.2, 0) is 14.6 Å². The topological polar surface area (TPSA) is 89.6 Å². The van der Waals surface area contributed by atoms with Gasteiger partial charge in [-0.05, 0) is 23.8 Å². The third kappa shape index (κ3) is 7.16. The molecule has 6 heteroatoms. The zero-order valence-corrected chi connectivity index (χ0v) is 11.8. The van der Waals surface area contributed by atoms with E-state index in [0.717, 1.165) is 13.7 Å². The van der Waals surface area contributed by atoms with Crippen molar-refractivity contribution in [2.24, 2.45) is 23.0 Å². The first-order valence-corrected chi connectivity index (χ1v) is 6.60. The number of nitrogens with two attached hydrogens (primary N) is 1. The van der Waals surface area contributed by atoms with Crippen LogP contribution in [0.25, 0.3) is 0 Å². The molecule has 0 fully saturated rings. The van der Waals surface area contributed by atoms with Crippen molar-refractivity contribution in [2.45, 2.75) is 34.6 Å². The molecule has 0 aliphatic rings. The van der Waals surface area contributed by atoms with Crippen molar-refractivity contribution in [2.75, 3.05) is 13.7 Å². The minimum atomic E-state index is -4.16. The molecule has 0 spiro atoms. The molecule has 0 bridgehead atoms. The minimum Gasteiger partial charge on any atom is -0.330 e. The predicted molar refractivity (Wildman–Crippen MR) is 65.4 cm³/mol. The van der Waals surface area contributed by atoms with E-state index in [-0.39, 0.29) is 0 Å². The van der Waals surface area contributed by atoms with Crippen molar-refractivity contribution in [3.63, 3.8) is 0 Å². The van der Waals surface area contributed by atoms with Crippen LogP contribution in [0, 0.1) is 17.3 Å². The van der Waals surface area contributed by atoms with Gasteiger partial charge in [0.1, 0.15) is 0 Å². The van der Waals surface area contributed by atoms with Gasteiger partial charge in [0.05, 0.1) is 7.11 Å². The van der Waals surface area contributed by atoms with Crippen LogP contribution in [0.3, 0.4) is 0 Å². The Morgan fingerprint density at radius 2 is 1.50 bits per heavy atom. The van der Waals surface area contributed by atoms with E-state index >= 15 is 0 Å². The van der Waals surface area contributed by atoms with E-state index < -0.39 is 10.4 Å². The van der Waals surface area contributed by atoms with E-state index in [9.17, 15) is 8.42 Å². The van der Waals surface area contributed by atoms with Crippen molar-refractivity contribution >= 4 is 10.4 Å². The summed E-state index contributed by atoms with van der Waals surface area (Å²) >= 11 is 0. The molecule has 0 unspecified atom stereocenters. The van der Waals surface area contributed by atoms with Crippen molar-refractivity contribution in [1.82, 2.24) is 0 Å². The van der Waals surface area contributed by atoms with Crippen LogP contribution < -0.4 is 5.73 Å². The third-order valence-corrected chi connectivity index (χ3v) is 3.71. The van der Waals surface area contributed by atoms with E-state index in [2.05, 4.69) is 38.8 Å². The summed E-state index contributed by atoms with van der Waals surface area (Å²) in [5, 5.41) is 0. The lowest BCUT2D eigenvalue weighted by atomic mass is 9.71. The van der Waals surface area contributed by atoms with Gasteiger partial charge in [-0.1, -0.05) is 34.6 Å². The molecule has 0 aromatic heterocycles. The Hall–Kier alpha value is -0.170. The first kappa shape index (κ1) is 18.2. The molecule has 0 atom stereocenters. The summed E-state index contributed by atoms with van der Waals surface area (Å²) in [6.45, 7) is 12.0. The summed E-state index contributed by atoms with van der Waals surface area (Å²) in [6.07, 6.45) is 0. The number of hydrogen-bond donors (Lipinski definition) is 2. The van der Waals surface area contributed by atoms with Crippen LogP contribution >= 0.6 is 0 Å². The molecule has 0 aromatic rings. The molecule has 0 heterocycles. The highest BCUT2D eigenvalue weighted by Gasteiger charge is 2.29. The van der Waals surface area contributed by atoms with Gasteiger partial charge in [0.15, 0.2) is 0 Å². The van der Waals surface area contributed by atoms with Crippen molar-refractivity contribution < 1.29 is 17.2 Å². The summed E-state index contributed by atoms with van der Waals surface area (Å²) in [5.74, 6) is 1.36. The zero-order valence-electron chi connectivity index (χ0n) is 11.0. The minimum absolute atomic E-state index is 0.319. The summed E-state index contributed by atoms with van der Waals surface area (Å²) in [7, 11) is -3.29. The summed E-state index contributed by atoms with van der Waals surface area (Å²) in [6, 6.07) is 0. The Balaban J connectivity index is 0. The molecule has 0 aromatic carbocycles. The highest BCUT2D eigenvalue weighted by molar-refractivity contribution is 7.80. The Morgan fingerprint density at radius 1 is 1.25 bits per heavy atom. The average Bonchev–Trinajstić information content (AvgIpc) is 2.15. The monoisotopic (exact) mass is 255 g/mol. The van der Waals surface area contributed by atoms with Gasteiger partial charge in [-0.2, -0.15) is 8.42 Å². The molecule has 5 nitrogen and oxygen atoms in total. The van der Waals surface area contributed by atoms with Gasteiger partial charge in [0.2, 0.25) is 0 Å². The summed E-state index contributed by atoms with van der Waals surface area (Å²) in [4.78, 5) is 0. The fraction of sp³-hybridized carbons (Fsp3) is 1.00. The van der Waals surface area contributed by atoms with Gasteiger partial charge in [-0.15, -0.1) is 0 Å². The molecule has 0 rings (SSSR count). The average molecular weight is 255 g/mol. The molecule has 0 saturated heterocycles. The smallest absolute Gasteiger partial charge is 0.330 e. The van der Waals surface area contributed by atoms with Gasteiger partial charge in [-0.3, -0.25) is 8.74 Å². The first-order chi connectivity index (χ1) is 7.01. The van der Waals surface area contributed by atoms with Crippen LogP contribution in [-0.4, -0.2) is 26.6 Å². The fourth-order valence-electron chi connectivity index (χ4n) is 1.14. The molecule has 0 aliphatic heterocycles. The Bertz CT molecular complexity index is 265. The van der Waals surface area contributed by atoms with Crippen molar-refractivity contribution in [3.8, 4) is 0 Å². The highest BCUT2D eigenvalue weighted by Crippen LogP contribution is 2.33. The SMILES string of the molecule is CC(C)C(C)(CN)C(C)C.COS(=O)(=O)O. The Labute approximate surface area is 99.3 Å². The van der Waals surface area contributed by atoms with E-state index in [1.165, 1.54) is 0 Å². The Kier molecular flexibility index (Phi) is 8.21. The summed E-state index contributed by atoms with van der Waals surface area (Å²) < 4.78 is 29.7. The number of rotatable bonds is 4. The Morgan fingerprint density at radius 3 is 1.50 bits per heavy atom.